The Hall–Kier alpha value is -1.20. The first-order valence-electron chi connectivity index (χ1n) is 6.47. The highest BCUT2D eigenvalue weighted by Crippen LogP contribution is 2.79. The topological polar surface area (TPSA) is 43.4 Å². The van der Waals surface area contributed by atoms with Gasteiger partial charge in [-0.25, -0.2) is 0 Å². The van der Waals surface area contributed by atoms with E-state index in [0.717, 1.165) is 12.1 Å². The summed E-state index contributed by atoms with van der Waals surface area (Å²) in [6.07, 6.45) is 1.05. The number of allylic oxidation sites excluding steroid dienone is 1. The summed E-state index contributed by atoms with van der Waals surface area (Å²) < 4.78 is 106. The van der Waals surface area contributed by atoms with Crippen molar-refractivity contribution < 1.29 is 38.4 Å². The number of hydrogen-bond donors (Lipinski definition) is 0. The van der Waals surface area contributed by atoms with Crippen molar-refractivity contribution in [3.63, 3.8) is 0 Å². The fourth-order valence-electron chi connectivity index (χ4n) is 2.27. The molecule has 2 rings (SSSR count). The summed E-state index contributed by atoms with van der Waals surface area (Å²) in [5, 5.41) is 0. The maximum Gasteiger partial charge on any atom is 0.523 e. The Bertz CT molecular complexity index is 780. The van der Waals surface area contributed by atoms with E-state index in [4.69, 9.17) is 0 Å². The second kappa shape index (κ2) is 5.67. The van der Waals surface area contributed by atoms with Gasteiger partial charge in [-0.3, -0.25) is 0 Å². The second-order valence-corrected chi connectivity index (χ2v) is 9.61. The van der Waals surface area contributed by atoms with Crippen LogP contribution in [0, 0.1) is 5.92 Å². The molecule has 3 nitrogen and oxygen atoms in total. The molecular formula is C13H12F6O3S2. The normalized spacial score (nSPS) is 24.5. The smallest absolute Gasteiger partial charge is 0.196 e. The van der Waals surface area contributed by atoms with Crippen LogP contribution < -0.4 is 0 Å². The average molecular weight is 394 g/mol. The first-order chi connectivity index (χ1) is 10.7. The van der Waals surface area contributed by atoms with Crippen LogP contribution in [0.25, 0.3) is 6.08 Å². The number of halogens is 6. The quantitative estimate of drug-likeness (QED) is 0.525. The molecule has 0 fully saturated rings. The first-order valence-corrected chi connectivity index (χ1v) is 9.43. The number of rotatable bonds is 3. The SMILES string of the molecule is CC(C)C1=Cc2ccccc2S1(OS(=O)(=O)C(F)(F)F)C(F)(F)F. The number of hydrogen-bond acceptors (Lipinski definition) is 3. The average Bonchev–Trinajstić information content (AvgIpc) is 2.73. The number of alkyl halides is 6. The second-order valence-electron chi connectivity index (χ2n) is 5.21. The largest absolute Gasteiger partial charge is 0.523 e. The Kier molecular flexibility index (Phi) is 4.52. The Labute approximate surface area is 135 Å². The van der Waals surface area contributed by atoms with E-state index in [1.165, 1.54) is 32.0 Å². The van der Waals surface area contributed by atoms with E-state index in [1.807, 2.05) is 0 Å². The van der Waals surface area contributed by atoms with Gasteiger partial charge in [0.25, 0.3) is 0 Å². The molecule has 1 unspecified atom stereocenters. The lowest BCUT2D eigenvalue weighted by molar-refractivity contribution is -0.0547. The first kappa shape index (κ1) is 19.1. The monoisotopic (exact) mass is 394 g/mol. The summed E-state index contributed by atoms with van der Waals surface area (Å²) >= 11 is 0. The molecule has 0 radical (unpaired) electrons. The van der Waals surface area contributed by atoms with Crippen LogP contribution in [0.1, 0.15) is 19.4 Å². The predicted octanol–water partition coefficient (Wildman–Crippen LogP) is 5.16. The van der Waals surface area contributed by atoms with Crippen molar-refractivity contribution in [2.24, 2.45) is 5.92 Å². The third-order valence-electron chi connectivity index (χ3n) is 3.23. The van der Waals surface area contributed by atoms with Gasteiger partial charge in [0.1, 0.15) is 0 Å². The zero-order chi connectivity index (χ0) is 18.6. The highest BCUT2D eigenvalue weighted by molar-refractivity contribution is 8.37. The molecule has 1 aromatic carbocycles. The van der Waals surface area contributed by atoms with E-state index in [9.17, 15) is 34.8 Å². The van der Waals surface area contributed by atoms with Crippen molar-refractivity contribution in [1.29, 1.82) is 0 Å². The van der Waals surface area contributed by atoms with Crippen molar-refractivity contribution in [3.8, 4) is 0 Å². The molecule has 1 atom stereocenters. The zero-order valence-electron chi connectivity index (χ0n) is 12.3. The molecule has 1 aliphatic heterocycles. The minimum absolute atomic E-state index is 0.00843. The third kappa shape index (κ3) is 2.82. The van der Waals surface area contributed by atoms with E-state index < -0.39 is 47.2 Å². The minimum atomic E-state index is -6.46. The van der Waals surface area contributed by atoms with Crippen LogP contribution in [0.3, 0.4) is 0 Å². The molecule has 11 heteroatoms. The molecule has 1 aliphatic rings. The molecule has 0 aliphatic carbocycles. The van der Waals surface area contributed by atoms with Gasteiger partial charge in [0, 0.05) is 20.1 Å². The van der Waals surface area contributed by atoms with Crippen molar-refractivity contribution >= 4 is 26.5 Å². The van der Waals surface area contributed by atoms with E-state index in [0.29, 0.717) is 0 Å². The third-order valence-corrected chi connectivity index (χ3v) is 8.22. The number of benzene rings is 1. The van der Waals surface area contributed by atoms with Crippen LogP contribution in [0.2, 0.25) is 0 Å². The van der Waals surface area contributed by atoms with Gasteiger partial charge in [-0.05, 0) is 23.6 Å². The van der Waals surface area contributed by atoms with Crippen LogP contribution in [-0.4, -0.2) is 19.4 Å². The Balaban J connectivity index is 2.80. The lowest BCUT2D eigenvalue weighted by atomic mass is 10.1. The van der Waals surface area contributed by atoms with Crippen LogP contribution in [0.5, 0.6) is 0 Å². The molecule has 0 spiro atoms. The maximum absolute atomic E-state index is 13.9. The molecule has 0 aromatic heterocycles. The highest BCUT2D eigenvalue weighted by Gasteiger charge is 2.64. The van der Waals surface area contributed by atoms with E-state index >= 15 is 0 Å². The van der Waals surface area contributed by atoms with Gasteiger partial charge in [-0.1, -0.05) is 32.0 Å². The molecule has 0 saturated carbocycles. The van der Waals surface area contributed by atoms with Gasteiger partial charge >= 0.3 is 21.1 Å². The summed E-state index contributed by atoms with van der Waals surface area (Å²) in [5.41, 5.74) is -11.3. The minimum Gasteiger partial charge on any atom is -0.196 e. The van der Waals surface area contributed by atoms with Crippen molar-refractivity contribution in [3.05, 3.63) is 34.7 Å². The fraction of sp³-hybridized carbons (Fsp3) is 0.385. The molecule has 24 heavy (non-hydrogen) atoms. The van der Waals surface area contributed by atoms with Gasteiger partial charge in [0.2, 0.25) is 0 Å². The molecule has 1 aromatic rings. The number of fused-ring (bicyclic) bond motifs is 1. The van der Waals surface area contributed by atoms with Crippen molar-refractivity contribution in [2.75, 3.05) is 0 Å². The summed E-state index contributed by atoms with van der Waals surface area (Å²) in [6, 6.07) is 4.79. The summed E-state index contributed by atoms with van der Waals surface area (Å²) in [4.78, 5) is -1.13. The van der Waals surface area contributed by atoms with Crippen molar-refractivity contribution in [1.82, 2.24) is 0 Å². The molecule has 0 N–H and O–H groups in total. The Morgan fingerprint density at radius 3 is 2.04 bits per heavy atom. The van der Waals surface area contributed by atoms with Crippen LogP contribution in [0.4, 0.5) is 26.3 Å². The lowest BCUT2D eigenvalue weighted by Crippen LogP contribution is -2.33. The van der Waals surface area contributed by atoms with E-state index in [2.05, 4.69) is 3.63 Å². The maximum atomic E-state index is 13.9. The van der Waals surface area contributed by atoms with E-state index in [-0.39, 0.29) is 5.56 Å². The standard InChI is InChI=1S/C13H12F6O3S2/c1-8(2)11-7-9-5-3-4-6-10(9)23(11,12(14,15)16)22-24(20,21)13(17,18)19/h3-8H,1-2H3. The van der Waals surface area contributed by atoms with Gasteiger partial charge in [0.15, 0.2) is 0 Å². The Morgan fingerprint density at radius 1 is 1.04 bits per heavy atom. The van der Waals surface area contributed by atoms with E-state index in [1.54, 1.807) is 0 Å². The molecule has 136 valence electrons. The highest BCUT2D eigenvalue weighted by atomic mass is 32.3. The molecule has 0 bridgehead atoms. The van der Waals surface area contributed by atoms with Crippen LogP contribution in [0.15, 0.2) is 34.1 Å². The molecule has 0 saturated heterocycles. The molecule has 0 amide bonds. The molecule has 1 heterocycles. The zero-order valence-corrected chi connectivity index (χ0v) is 13.9. The fourth-order valence-corrected chi connectivity index (χ4v) is 7.03. The van der Waals surface area contributed by atoms with Crippen LogP contribution >= 0.6 is 10.3 Å². The van der Waals surface area contributed by atoms with Gasteiger partial charge in [-0.2, -0.15) is 38.4 Å². The predicted molar refractivity (Wildman–Crippen MR) is 77.2 cm³/mol. The van der Waals surface area contributed by atoms with Gasteiger partial charge in [0.05, 0.1) is 0 Å². The summed E-state index contributed by atoms with van der Waals surface area (Å²) in [5.74, 6) is -0.877. The lowest BCUT2D eigenvalue weighted by Gasteiger charge is -2.40. The Morgan fingerprint density at radius 2 is 1.58 bits per heavy atom. The summed E-state index contributed by atoms with van der Waals surface area (Å²) in [7, 11) is -11.3. The molecular weight excluding hydrogens is 382 g/mol. The van der Waals surface area contributed by atoms with Crippen molar-refractivity contribution in [2.45, 2.75) is 29.8 Å². The van der Waals surface area contributed by atoms with Gasteiger partial charge < -0.3 is 0 Å². The van der Waals surface area contributed by atoms with Crippen LogP contribution in [-0.2, 0) is 13.7 Å². The summed E-state index contributed by atoms with van der Waals surface area (Å²) in [6.45, 7) is 2.66. The van der Waals surface area contributed by atoms with Gasteiger partial charge in [-0.15, -0.1) is 0 Å².